The maximum absolute atomic E-state index is 12.7. The Labute approximate surface area is 157 Å². The van der Waals surface area contributed by atoms with Crippen LogP contribution in [0.5, 0.6) is 23.0 Å². The van der Waals surface area contributed by atoms with Gasteiger partial charge < -0.3 is 24.3 Å². The molecule has 0 bridgehead atoms. The molecule has 0 fully saturated rings. The summed E-state index contributed by atoms with van der Waals surface area (Å²) in [4.78, 5) is 12.7. The number of amides is 1. The SMILES string of the molecule is COc1cc(NC(=O)[C@@H]2COc3ccc(Cl)cc3C2)cc(OC)c1OC. The largest absolute Gasteiger partial charge is 0.493 e. The summed E-state index contributed by atoms with van der Waals surface area (Å²) in [5.41, 5.74) is 1.48. The van der Waals surface area contributed by atoms with E-state index in [4.69, 9.17) is 30.5 Å². The van der Waals surface area contributed by atoms with Crippen molar-refractivity contribution < 1.29 is 23.7 Å². The number of anilines is 1. The van der Waals surface area contributed by atoms with E-state index in [2.05, 4.69) is 5.32 Å². The Morgan fingerprint density at radius 3 is 2.42 bits per heavy atom. The molecule has 1 N–H and O–H groups in total. The minimum absolute atomic E-state index is 0.148. The van der Waals surface area contributed by atoms with Crippen molar-refractivity contribution in [3.05, 3.63) is 40.9 Å². The molecule has 1 aliphatic rings. The van der Waals surface area contributed by atoms with E-state index in [0.717, 1.165) is 11.3 Å². The molecule has 1 heterocycles. The predicted molar refractivity (Wildman–Crippen MR) is 98.9 cm³/mol. The van der Waals surface area contributed by atoms with Gasteiger partial charge in [0.15, 0.2) is 11.5 Å². The normalized spacial score (nSPS) is 15.5. The number of nitrogens with one attached hydrogen (secondary N) is 1. The highest BCUT2D eigenvalue weighted by molar-refractivity contribution is 6.30. The van der Waals surface area contributed by atoms with Crippen LogP contribution in [0.2, 0.25) is 5.02 Å². The number of rotatable bonds is 5. The number of carbonyl (C=O) groups is 1. The van der Waals surface area contributed by atoms with Gasteiger partial charge in [-0.3, -0.25) is 4.79 Å². The molecule has 0 saturated carbocycles. The quantitative estimate of drug-likeness (QED) is 0.863. The van der Waals surface area contributed by atoms with Crippen molar-refractivity contribution in [3.8, 4) is 23.0 Å². The third kappa shape index (κ3) is 3.65. The summed E-state index contributed by atoms with van der Waals surface area (Å²) in [5.74, 6) is 1.71. The minimum Gasteiger partial charge on any atom is -0.493 e. The zero-order chi connectivity index (χ0) is 18.7. The molecule has 2 aromatic carbocycles. The Balaban J connectivity index is 1.78. The van der Waals surface area contributed by atoms with Crippen molar-refractivity contribution >= 4 is 23.2 Å². The molecule has 1 aliphatic heterocycles. The highest BCUT2D eigenvalue weighted by Crippen LogP contribution is 2.40. The number of methoxy groups -OCH3 is 3. The van der Waals surface area contributed by atoms with E-state index in [9.17, 15) is 4.79 Å². The molecule has 2 aromatic rings. The molecule has 0 unspecified atom stereocenters. The molecule has 0 radical (unpaired) electrons. The summed E-state index contributed by atoms with van der Waals surface area (Å²) in [6.07, 6.45) is 0.562. The summed E-state index contributed by atoms with van der Waals surface area (Å²) >= 11 is 6.03. The Morgan fingerprint density at radius 1 is 1.12 bits per heavy atom. The van der Waals surface area contributed by atoms with Gasteiger partial charge in [0.25, 0.3) is 0 Å². The number of benzene rings is 2. The van der Waals surface area contributed by atoms with E-state index in [1.165, 1.54) is 21.3 Å². The molecule has 26 heavy (non-hydrogen) atoms. The second-order valence-corrected chi connectivity index (χ2v) is 6.30. The smallest absolute Gasteiger partial charge is 0.231 e. The fourth-order valence-electron chi connectivity index (χ4n) is 2.93. The molecule has 0 saturated heterocycles. The highest BCUT2D eigenvalue weighted by Gasteiger charge is 2.27. The molecular weight excluding hydrogens is 358 g/mol. The van der Waals surface area contributed by atoms with Crippen LogP contribution < -0.4 is 24.3 Å². The predicted octanol–water partition coefficient (Wildman–Crippen LogP) is 3.56. The van der Waals surface area contributed by atoms with Crippen molar-refractivity contribution in [1.29, 1.82) is 0 Å². The zero-order valence-electron chi connectivity index (χ0n) is 14.8. The van der Waals surface area contributed by atoms with Gasteiger partial charge in [-0.15, -0.1) is 0 Å². The van der Waals surface area contributed by atoms with Crippen LogP contribution in [-0.4, -0.2) is 33.8 Å². The fraction of sp³-hybridized carbons (Fsp3) is 0.316. The minimum atomic E-state index is -0.319. The van der Waals surface area contributed by atoms with E-state index < -0.39 is 0 Å². The highest BCUT2D eigenvalue weighted by atomic mass is 35.5. The average Bonchev–Trinajstić information content (AvgIpc) is 2.66. The van der Waals surface area contributed by atoms with Crippen molar-refractivity contribution in [2.24, 2.45) is 5.92 Å². The van der Waals surface area contributed by atoms with Crippen molar-refractivity contribution in [3.63, 3.8) is 0 Å². The van der Waals surface area contributed by atoms with Gasteiger partial charge in [0.05, 0.1) is 27.2 Å². The van der Waals surface area contributed by atoms with Crippen molar-refractivity contribution in [1.82, 2.24) is 0 Å². The van der Waals surface area contributed by atoms with E-state index in [0.29, 0.717) is 41.0 Å². The van der Waals surface area contributed by atoms with Gasteiger partial charge >= 0.3 is 0 Å². The fourth-order valence-corrected chi connectivity index (χ4v) is 3.12. The summed E-state index contributed by atoms with van der Waals surface area (Å²) in [5, 5.41) is 3.51. The third-order valence-electron chi connectivity index (χ3n) is 4.23. The van der Waals surface area contributed by atoms with Crippen LogP contribution in [0.25, 0.3) is 0 Å². The van der Waals surface area contributed by atoms with Gasteiger partial charge in [-0.25, -0.2) is 0 Å². The number of hydrogen-bond donors (Lipinski definition) is 1. The molecule has 138 valence electrons. The monoisotopic (exact) mass is 377 g/mol. The Kier molecular flexibility index (Phi) is 5.42. The van der Waals surface area contributed by atoms with Crippen LogP contribution >= 0.6 is 11.6 Å². The number of fused-ring (bicyclic) bond motifs is 1. The summed E-state index contributed by atoms with van der Waals surface area (Å²) in [6.45, 7) is 0.310. The Bertz CT molecular complexity index is 799. The molecule has 1 amide bonds. The third-order valence-corrected chi connectivity index (χ3v) is 4.47. The number of halogens is 1. The first-order valence-corrected chi connectivity index (χ1v) is 8.45. The van der Waals surface area contributed by atoms with E-state index in [1.54, 1.807) is 18.2 Å². The molecule has 0 aliphatic carbocycles. The number of ether oxygens (including phenoxy) is 4. The molecule has 0 spiro atoms. The second kappa shape index (κ2) is 7.74. The van der Waals surface area contributed by atoms with Gasteiger partial charge in [0, 0.05) is 22.8 Å². The van der Waals surface area contributed by atoms with Crippen molar-refractivity contribution in [2.75, 3.05) is 33.3 Å². The topological polar surface area (TPSA) is 66.0 Å². The van der Waals surface area contributed by atoms with Crippen molar-refractivity contribution in [2.45, 2.75) is 6.42 Å². The molecular formula is C19H20ClNO5. The van der Waals surface area contributed by atoms with E-state index in [1.807, 2.05) is 12.1 Å². The van der Waals surface area contributed by atoms with Crippen LogP contribution in [0.3, 0.4) is 0 Å². The second-order valence-electron chi connectivity index (χ2n) is 5.87. The zero-order valence-corrected chi connectivity index (χ0v) is 15.6. The first kappa shape index (κ1) is 18.2. The number of hydrogen-bond acceptors (Lipinski definition) is 5. The van der Waals surface area contributed by atoms with E-state index in [-0.39, 0.29) is 11.8 Å². The van der Waals surface area contributed by atoms with Gasteiger partial charge in [0.1, 0.15) is 12.4 Å². The number of carbonyl (C=O) groups excluding carboxylic acids is 1. The van der Waals surface area contributed by atoms with E-state index >= 15 is 0 Å². The lowest BCUT2D eigenvalue weighted by molar-refractivity contribution is -0.121. The summed E-state index contributed by atoms with van der Waals surface area (Å²) < 4.78 is 21.6. The standard InChI is InChI=1S/C19H20ClNO5/c1-23-16-8-14(9-17(24-2)18(16)25-3)21-19(22)12-6-11-7-13(20)4-5-15(11)26-10-12/h4-5,7-9,12H,6,10H2,1-3H3,(H,21,22)/t12-/m0/s1. The Hall–Kier alpha value is -2.60. The van der Waals surface area contributed by atoms with Crippen LogP contribution in [0.1, 0.15) is 5.56 Å². The van der Waals surface area contributed by atoms with Gasteiger partial charge in [-0.2, -0.15) is 0 Å². The molecule has 6 nitrogen and oxygen atoms in total. The van der Waals surface area contributed by atoms with Crippen LogP contribution in [-0.2, 0) is 11.2 Å². The lowest BCUT2D eigenvalue weighted by Gasteiger charge is -2.25. The summed E-state index contributed by atoms with van der Waals surface area (Å²) in [6, 6.07) is 8.80. The molecule has 7 heteroatoms. The maximum Gasteiger partial charge on any atom is 0.231 e. The van der Waals surface area contributed by atoms with Crippen LogP contribution in [0.15, 0.2) is 30.3 Å². The average molecular weight is 378 g/mol. The van der Waals surface area contributed by atoms with Crippen LogP contribution in [0, 0.1) is 5.92 Å². The van der Waals surface area contributed by atoms with Gasteiger partial charge in [-0.1, -0.05) is 11.6 Å². The van der Waals surface area contributed by atoms with Gasteiger partial charge in [0.2, 0.25) is 11.7 Å². The maximum atomic E-state index is 12.7. The first-order valence-electron chi connectivity index (χ1n) is 8.07. The molecule has 1 atom stereocenters. The first-order chi connectivity index (χ1) is 12.5. The Morgan fingerprint density at radius 2 is 1.81 bits per heavy atom. The summed E-state index contributed by atoms with van der Waals surface area (Å²) in [7, 11) is 4.58. The lowest BCUT2D eigenvalue weighted by atomic mass is 9.96. The molecule has 0 aromatic heterocycles. The lowest BCUT2D eigenvalue weighted by Crippen LogP contribution is -2.32. The molecule has 3 rings (SSSR count). The van der Waals surface area contributed by atoms with Gasteiger partial charge in [-0.05, 0) is 30.2 Å². The van der Waals surface area contributed by atoms with Crippen LogP contribution in [0.4, 0.5) is 5.69 Å².